The first-order valence-corrected chi connectivity index (χ1v) is 4.76. The third kappa shape index (κ3) is 5.60. The van der Waals surface area contributed by atoms with Crippen molar-refractivity contribution in [2.45, 2.75) is 38.3 Å². The monoisotopic (exact) mass is 187 g/mol. The number of nitrogens with one attached hydrogen (secondary N) is 2. The van der Waals surface area contributed by atoms with Crippen molar-refractivity contribution in [3.63, 3.8) is 0 Å². The lowest BCUT2D eigenvalue weighted by molar-refractivity contribution is -0.122. The van der Waals surface area contributed by atoms with Crippen molar-refractivity contribution in [1.82, 2.24) is 10.6 Å². The number of amides is 1. The highest BCUT2D eigenvalue weighted by Crippen LogP contribution is 2.02. The lowest BCUT2D eigenvalue weighted by Gasteiger charge is -2.14. The smallest absolute Gasteiger partial charge is 0.236 e. The largest absolute Gasteiger partial charge is 0.358 e. The number of rotatable bonds is 6. The van der Waals surface area contributed by atoms with Crippen LogP contribution in [0.2, 0.25) is 0 Å². The van der Waals surface area contributed by atoms with Crippen LogP contribution in [0.1, 0.15) is 26.2 Å². The van der Waals surface area contributed by atoms with Crippen molar-refractivity contribution in [2.75, 3.05) is 14.1 Å². The Bertz CT molecular complexity index is 148. The molecule has 0 aromatic carbocycles. The van der Waals surface area contributed by atoms with Crippen LogP contribution in [-0.2, 0) is 4.79 Å². The molecule has 13 heavy (non-hydrogen) atoms. The van der Waals surface area contributed by atoms with Gasteiger partial charge in [-0.3, -0.25) is 4.79 Å². The summed E-state index contributed by atoms with van der Waals surface area (Å²) >= 11 is 0. The number of nitrogens with two attached hydrogens (primary N) is 1. The van der Waals surface area contributed by atoms with Gasteiger partial charge in [-0.25, -0.2) is 0 Å². The molecule has 78 valence electrons. The Hall–Kier alpha value is -0.610. The van der Waals surface area contributed by atoms with Gasteiger partial charge in [0, 0.05) is 13.1 Å². The number of carbonyl (C=O) groups is 1. The molecule has 4 nitrogen and oxygen atoms in total. The minimum absolute atomic E-state index is 0.0483. The Balaban J connectivity index is 3.66. The molecule has 1 amide bonds. The first-order valence-electron chi connectivity index (χ1n) is 4.76. The van der Waals surface area contributed by atoms with Gasteiger partial charge in [-0.1, -0.05) is 0 Å². The van der Waals surface area contributed by atoms with Gasteiger partial charge < -0.3 is 16.4 Å². The van der Waals surface area contributed by atoms with E-state index in [1.54, 1.807) is 14.1 Å². The first-order chi connectivity index (χ1) is 6.11. The van der Waals surface area contributed by atoms with Crippen LogP contribution in [0.3, 0.4) is 0 Å². The fourth-order valence-electron chi connectivity index (χ4n) is 1.22. The van der Waals surface area contributed by atoms with Gasteiger partial charge >= 0.3 is 0 Å². The summed E-state index contributed by atoms with van der Waals surface area (Å²) in [5.41, 5.74) is 5.61. The molecule has 4 N–H and O–H groups in total. The summed E-state index contributed by atoms with van der Waals surface area (Å²) in [6.45, 7) is 1.98. The molecule has 0 aliphatic heterocycles. The summed E-state index contributed by atoms with van der Waals surface area (Å²) < 4.78 is 0. The summed E-state index contributed by atoms with van der Waals surface area (Å²) in [5, 5.41) is 5.60. The third-order valence-corrected chi connectivity index (χ3v) is 2.06. The van der Waals surface area contributed by atoms with Crippen LogP contribution in [0.25, 0.3) is 0 Å². The van der Waals surface area contributed by atoms with Crippen molar-refractivity contribution in [1.29, 1.82) is 0 Å². The van der Waals surface area contributed by atoms with Gasteiger partial charge in [0.2, 0.25) is 5.91 Å². The topological polar surface area (TPSA) is 67.2 Å². The van der Waals surface area contributed by atoms with Gasteiger partial charge in [-0.2, -0.15) is 0 Å². The third-order valence-electron chi connectivity index (χ3n) is 2.06. The number of hydrogen-bond donors (Lipinski definition) is 3. The van der Waals surface area contributed by atoms with E-state index in [9.17, 15) is 4.79 Å². The molecule has 0 saturated carbocycles. The van der Waals surface area contributed by atoms with Crippen LogP contribution in [0.15, 0.2) is 0 Å². The summed E-state index contributed by atoms with van der Waals surface area (Å²) in [7, 11) is 3.45. The Morgan fingerprint density at radius 3 is 2.38 bits per heavy atom. The van der Waals surface area contributed by atoms with Gasteiger partial charge in [0.05, 0.1) is 6.04 Å². The Morgan fingerprint density at radius 2 is 2.00 bits per heavy atom. The number of hydrogen-bond acceptors (Lipinski definition) is 3. The van der Waals surface area contributed by atoms with Crippen molar-refractivity contribution in [3.8, 4) is 0 Å². The Kier molecular flexibility index (Phi) is 6.54. The molecule has 0 aromatic heterocycles. The highest BCUT2D eigenvalue weighted by atomic mass is 16.2. The van der Waals surface area contributed by atoms with Crippen LogP contribution < -0.4 is 16.4 Å². The van der Waals surface area contributed by atoms with E-state index < -0.39 is 0 Å². The maximum atomic E-state index is 11.2. The predicted octanol–water partition coefficient (Wildman–Crippen LogP) is -0.162. The molecular weight excluding hydrogens is 166 g/mol. The molecule has 1 unspecified atom stereocenters. The molecule has 0 radical (unpaired) electrons. The Morgan fingerprint density at radius 1 is 1.38 bits per heavy atom. The average molecular weight is 187 g/mol. The lowest BCUT2D eigenvalue weighted by Crippen LogP contribution is -2.41. The van der Waals surface area contributed by atoms with Crippen molar-refractivity contribution < 1.29 is 4.79 Å². The van der Waals surface area contributed by atoms with Gasteiger partial charge in [0.1, 0.15) is 0 Å². The second kappa shape index (κ2) is 6.86. The maximum absolute atomic E-state index is 11.2. The molecule has 0 saturated heterocycles. The van der Waals surface area contributed by atoms with Gasteiger partial charge in [0.15, 0.2) is 0 Å². The average Bonchev–Trinajstić information content (AvgIpc) is 2.11. The number of likely N-dealkylation sites (N-methyl/N-ethyl adjacent to an activating group) is 2. The van der Waals surface area contributed by atoms with E-state index >= 15 is 0 Å². The minimum atomic E-state index is -0.0799. The molecule has 0 bridgehead atoms. The van der Waals surface area contributed by atoms with E-state index in [4.69, 9.17) is 5.73 Å². The molecule has 0 heterocycles. The molecule has 0 aliphatic carbocycles. The standard InChI is InChI=1S/C9H21N3O/c1-7(10)5-4-6-8(11-2)9(13)12-3/h7-8,11H,4-6,10H2,1-3H3,(H,12,13)/t7?,8-/m0/s1. The summed E-state index contributed by atoms with van der Waals surface area (Å²) in [5.74, 6) is 0.0483. The van der Waals surface area contributed by atoms with Crippen LogP contribution in [0.5, 0.6) is 0 Å². The zero-order valence-corrected chi connectivity index (χ0v) is 8.76. The molecule has 2 atom stereocenters. The van der Waals surface area contributed by atoms with Crippen LogP contribution in [0, 0.1) is 0 Å². The zero-order valence-electron chi connectivity index (χ0n) is 8.76. The molecule has 0 aliphatic rings. The Labute approximate surface area is 80.3 Å². The molecule has 0 rings (SSSR count). The second-order valence-electron chi connectivity index (χ2n) is 3.36. The molecular formula is C9H21N3O. The molecule has 4 heteroatoms. The van der Waals surface area contributed by atoms with Crippen LogP contribution in [-0.4, -0.2) is 32.1 Å². The fraction of sp³-hybridized carbons (Fsp3) is 0.889. The normalized spacial score (nSPS) is 15.1. The molecule has 0 spiro atoms. The van der Waals surface area contributed by atoms with E-state index in [-0.39, 0.29) is 18.0 Å². The SMILES string of the molecule is CNC(=O)[C@H](CCCC(C)N)NC. The maximum Gasteiger partial charge on any atom is 0.236 e. The van der Waals surface area contributed by atoms with Crippen molar-refractivity contribution in [2.24, 2.45) is 5.73 Å². The lowest BCUT2D eigenvalue weighted by atomic mass is 10.1. The van der Waals surface area contributed by atoms with Crippen molar-refractivity contribution in [3.05, 3.63) is 0 Å². The highest BCUT2D eigenvalue weighted by molar-refractivity contribution is 5.81. The van der Waals surface area contributed by atoms with Gasteiger partial charge in [-0.05, 0) is 33.2 Å². The summed E-state index contributed by atoms with van der Waals surface area (Å²) in [4.78, 5) is 11.2. The van der Waals surface area contributed by atoms with Gasteiger partial charge in [-0.15, -0.1) is 0 Å². The van der Waals surface area contributed by atoms with E-state index in [1.165, 1.54) is 0 Å². The van der Waals surface area contributed by atoms with E-state index in [0.29, 0.717) is 0 Å². The fourth-order valence-corrected chi connectivity index (χ4v) is 1.22. The van der Waals surface area contributed by atoms with E-state index in [2.05, 4.69) is 10.6 Å². The summed E-state index contributed by atoms with van der Waals surface area (Å²) in [6.07, 6.45) is 2.80. The van der Waals surface area contributed by atoms with E-state index in [0.717, 1.165) is 19.3 Å². The first kappa shape index (κ1) is 12.4. The van der Waals surface area contributed by atoms with Crippen molar-refractivity contribution >= 4 is 5.91 Å². The minimum Gasteiger partial charge on any atom is -0.358 e. The van der Waals surface area contributed by atoms with Crippen LogP contribution in [0.4, 0.5) is 0 Å². The van der Waals surface area contributed by atoms with Crippen LogP contribution >= 0.6 is 0 Å². The van der Waals surface area contributed by atoms with E-state index in [1.807, 2.05) is 6.92 Å². The molecule has 0 aromatic rings. The number of carbonyl (C=O) groups excluding carboxylic acids is 1. The zero-order chi connectivity index (χ0) is 10.3. The predicted molar refractivity (Wildman–Crippen MR) is 54.4 cm³/mol. The quantitative estimate of drug-likeness (QED) is 0.541. The second-order valence-corrected chi connectivity index (χ2v) is 3.36. The highest BCUT2D eigenvalue weighted by Gasteiger charge is 2.13. The molecule has 0 fully saturated rings. The summed E-state index contributed by atoms with van der Waals surface area (Å²) in [6, 6.07) is 0.144. The van der Waals surface area contributed by atoms with Gasteiger partial charge in [0.25, 0.3) is 0 Å².